The third-order valence-electron chi connectivity index (χ3n) is 3.20. The summed E-state index contributed by atoms with van der Waals surface area (Å²) in [6.07, 6.45) is 0.676. The van der Waals surface area contributed by atoms with Crippen LogP contribution in [-0.4, -0.2) is 23.9 Å². The zero-order valence-corrected chi connectivity index (χ0v) is 11.8. The molecule has 3 heteroatoms. The van der Waals surface area contributed by atoms with Crippen molar-refractivity contribution in [2.24, 2.45) is 5.73 Å². The van der Waals surface area contributed by atoms with E-state index in [1.54, 1.807) is 11.9 Å². The molecule has 0 spiro atoms. The van der Waals surface area contributed by atoms with Crippen molar-refractivity contribution in [3.05, 3.63) is 35.4 Å². The van der Waals surface area contributed by atoms with E-state index in [0.29, 0.717) is 18.9 Å². The number of likely N-dealkylation sites (N-methyl/N-ethyl adjacent to an activating group) is 1. The van der Waals surface area contributed by atoms with Crippen LogP contribution in [-0.2, 0) is 11.3 Å². The number of rotatable bonds is 5. The van der Waals surface area contributed by atoms with Crippen LogP contribution in [0.1, 0.15) is 44.2 Å². The Morgan fingerprint density at radius 3 is 2.28 bits per heavy atom. The van der Waals surface area contributed by atoms with Crippen molar-refractivity contribution in [2.45, 2.75) is 45.7 Å². The summed E-state index contributed by atoms with van der Waals surface area (Å²) in [5, 5.41) is 0. The summed E-state index contributed by atoms with van der Waals surface area (Å²) in [5.41, 5.74) is 8.20. The van der Waals surface area contributed by atoms with Gasteiger partial charge in [0.25, 0.3) is 0 Å². The third kappa shape index (κ3) is 3.84. The Kier molecular flexibility index (Phi) is 5.35. The molecule has 0 heterocycles. The third-order valence-corrected chi connectivity index (χ3v) is 3.20. The Morgan fingerprint density at radius 2 is 1.83 bits per heavy atom. The second-order valence-corrected chi connectivity index (χ2v) is 5.11. The van der Waals surface area contributed by atoms with E-state index >= 15 is 0 Å². The maximum atomic E-state index is 11.9. The van der Waals surface area contributed by atoms with Gasteiger partial charge in [-0.25, -0.2) is 0 Å². The van der Waals surface area contributed by atoms with Crippen molar-refractivity contribution >= 4 is 5.91 Å². The molecule has 1 aromatic carbocycles. The van der Waals surface area contributed by atoms with Crippen molar-refractivity contribution < 1.29 is 4.79 Å². The molecule has 1 atom stereocenters. The standard InChI is InChI=1S/C15H24N2O/c1-5-14(16)15(18)17(4)10-12-6-8-13(9-7-12)11(2)3/h6-9,11,14H,5,10,16H2,1-4H3/t14-/m1/s1. The molecule has 0 unspecified atom stereocenters. The van der Waals surface area contributed by atoms with Crippen LogP contribution in [0.2, 0.25) is 0 Å². The van der Waals surface area contributed by atoms with Gasteiger partial charge in [-0.05, 0) is 23.5 Å². The zero-order valence-electron chi connectivity index (χ0n) is 11.8. The first-order valence-corrected chi connectivity index (χ1v) is 6.55. The highest BCUT2D eigenvalue weighted by atomic mass is 16.2. The molecule has 3 nitrogen and oxygen atoms in total. The molecule has 0 saturated heterocycles. The summed E-state index contributed by atoms with van der Waals surface area (Å²) >= 11 is 0. The van der Waals surface area contributed by atoms with Gasteiger partial charge in [0.15, 0.2) is 0 Å². The minimum atomic E-state index is -0.384. The smallest absolute Gasteiger partial charge is 0.239 e. The maximum absolute atomic E-state index is 11.9. The van der Waals surface area contributed by atoms with Crippen molar-refractivity contribution in [1.29, 1.82) is 0 Å². The fourth-order valence-corrected chi connectivity index (χ4v) is 1.82. The van der Waals surface area contributed by atoms with Gasteiger partial charge in [-0.2, -0.15) is 0 Å². The van der Waals surface area contributed by atoms with E-state index in [0.717, 1.165) is 5.56 Å². The predicted molar refractivity (Wildman–Crippen MR) is 75.3 cm³/mol. The van der Waals surface area contributed by atoms with Gasteiger partial charge in [0.1, 0.15) is 0 Å². The average molecular weight is 248 g/mol. The molecule has 0 fully saturated rings. The lowest BCUT2D eigenvalue weighted by Crippen LogP contribution is -2.40. The van der Waals surface area contributed by atoms with Gasteiger partial charge in [-0.1, -0.05) is 45.0 Å². The monoisotopic (exact) mass is 248 g/mol. The number of benzene rings is 1. The van der Waals surface area contributed by atoms with Crippen LogP contribution in [0.5, 0.6) is 0 Å². The summed E-state index contributed by atoms with van der Waals surface area (Å²) in [6.45, 7) is 6.88. The maximum Gasteiger partial charge on any atom is 0.239 e. The van der Waals surface area contributed by atoms with Gasteiger partial charge in [0, 0.05) is 13.6 Å². The molecule has 2 N–H and O–H groups in total. The summed E-state index contributed by atoms with van der Waals surface area (Å²) in [7, 11) is 1.80. The van der Waals surface area contributed by atoms with Crippen LogP contribution >= 0.6 is 0 Å². The van der Waals surface area contributed by atoms with Crippen molar-refractivity contribution in [1.82, 2.24) is 4.90 Å². The number of nitrogens with two attached hydrogens (primary N) is 1. The molecule has 1 aromatic rings. The van der Waals surface area contributed by atoms with Crippen LogP contribution in [0, 0.1) is 0 Å². The van der Waals surface area contributed by atoms with Gasteiger partial charge in [0.2, 0.25) is 5.91 Å². The molecule has 0 radical (unpaired) electrons. The molecule has 0 aliphatic heterocycles. The SMILES string of the molecule is CC[C@@H](N)C(=O)N(C)Cc1ccc(C(C)C)cc1. The first kappa shape index (κ1) is 14.7. The van der Waals surface area contributed by atoms with E-state index in [-0.39, 0.29) is 11.9 Å². The van der Waals surface area contributed by atoms with E-state index in [4.69, 9.17) is 5.73 Å². The molecule has 1 amide bonds. The molecule has 0 aromatic heterocycles. The summed E-state index contributed by atoms with van der Waals surface area (Å²) in [4.78, 5) is 13.5. The molecule has 0 saturated carbocycles. The number of hydrogen-bond donors (Lipinski definition) is 1. The van der Waals surface area contributed by atoms with Gasteiger partial charge in [-0.3, -0.25) is 4.79 Å². The van der Waals surface area contributed by atoms with E-state index in [1.165, 1.54) is 5.56 Å². The van der Waals surface area contributed by atoms with Gasteiger partial charge >= 0.3 is 0 Å². The summed E-state index contributed by atoms with van der Waals surface area (Å²) < 4.78 is 0. The summed E-state index contributed by atoms with van der Waals surface area (Å²) in [6, 6.07) is 8.02. The lowest BCUT2D eigenvalue weighted by molar-refractivity contribution is -0.131. The highest BCUT2D eigenvalue weighted by Gasteiger charge is 2.16. The Labute approximate surface area is 110 Å². The number of amides is 1. The highest BCUT2D eigenvalue weighted by molar-refractivity contribution is 5.81. The molecule has 18 heavy (non-hydrogen) atoms. The fraction of sp³-hybridized carbons (Fsp3) is 0.533. The average Bonchev–Trinajstić information content (AvgIpc) is 2.37. The quantitative estimate of drug-likeness (QED) is 0.870. The molecule has 100 valence electrons. The van der Waals surface area contributed by atoms with Gasteiger partial charge in [-0.15, -0.1) is 0 Å². The fourth-order valence-electron chi connectivity index (χ4n) is 1.82. The number of hydrogen-bond acceptors (Lipinski definition) is 2. The van der Waals surface area contributed by atoms with Crippen LogP contribution in [0.3, 0.4) is 0 Å². The molecule has 1 rings (SSSR count). The van der Waals surface area contributed by atoms with E-state index in [1.807, 2.05) is 6.92 Å². The lowest BCUT2D eigenvalue weighted by Gasteiger charge is -2.20. The molecular weight excluding hydrogens is 224 g/mol. The number of nitrogens with zero attached hydrogens (tertiary/aromatic N) is 1. The highest BCUT2D eigenvalue weighted by Crippen LogP contribution is 2.15. The Hall–Kier alpha value is -1.35. The first-order valence-electron chi connectivity index (χ1n) is 6.55. The molecule has 0 aliphatic carbocycles. The van der Waals surface area contributed by atoms with Gasteiger partial charge in [0.05, 0.1) is 6.04 Å². The van der Waals surface area contributed by atoms with E-state index < -0.39 is 0 Å². The Bertz CT molecular complexity index is 384. The van der Waals surface area contributed by atoms with E-state index in [9.17, 15) is 4.79 Å². The Morgan fingerprint density at radius 1 is 1.28 bits per heavy atom. The second kappa shape index (κ2) is 6.55. The lowest BCUT2D eigenvalue weighted by atomic mass is 10.0. The Balaban J connectivity index is 2.64. The molecule has 0 bridgehead atoms. The second-order valence-electron chi connectivity index (χ2n) is 5.11. The number of carbonyl (C=O) groups excluding carboxylic acids is 1. The number of carbonyl (C=O) groups is 1. The predicted octanol–water partition coefficient (Wildman–Crippen LogP) is 2.51. The van der Waals surface area contributed by atoms with Crippen molar-refractivity contribution in [3.8, 4) is 0 Å². The van der Waals surface area contributed by atoms with Crippen LogP contribution < -0.4 is 5.73 Å². The van der Waals surface area contributed by atoms with Crippen LogP contribution in [0.15, 0.2) is 24.3 Å². The minimum absolute atomic E-state index is 0.00503. The molecule has 0 aliphatic rings. The van der Waals surface area contributed by atoms with Gasteiger partial charge < -0.3 is 10.6 Å². The van der Waals surface area contributed by atoms with Crippen molar-refractivity contribution in [2.75, 3.05) is 7.05 Å². The van der Waals surface area contributed by atoms with Crippen LogP contribution in [0.25, 0.3) is 0 Å². The van der Waals surface area contributed by atoms with Crippen molar-refractivity contribution in [3.63, 3.8) is 0 Å². The van der Waals surface area contributed by atoms with Crippen LogP contribution in [0.4, 0.5) is 0 Å². The topological polar surface area (TPSA) is 46.3 Å². The summed E-state index contributed by atoms with van der Waals surface area (Å²) in [5.74, 6) is 0.539. The largest absolute Gasteiger partial charge is 0.340 e. The zero-order chi connectivity index (χ0) is 13.7. The molecular formula is C15H24N2O. The van der Waals surface area contributed by atoms with E-state index in [2.05, 4.69) is 38.1 Å². The normalized spacial score (nSPS) is 12.6. The minimum Gasteiger partial charge on any atom is -0.340 e. The first-order chi connectivity index (χ1) is 8.45.